The summed E-state index contributed by atoms with van der Waals surface area (Å²) in [6.45, 7) is 7.13. The molecule has 0 bridgehead atoms. The Labute approximate surface area is 183 Å². The van der Waals surface area contributed by atoms with Gasteiger partial charge in [-0.25, -0.2) is 8.42 Å². The summed E-state index contributed by atoms with van der Waals surface area (Å²) in [7, 11) is -3.27. The Morgan fingerprint density at radius 2 is 1.80 bits per heavy atom. The zero-order chi connectivity index (χ0) is 21.3. The highest BCUT2D eigenvalue weighted by Crippen LogP contribution is 2.28. The fraction of sp³-hybridized carbons (Fsp3) is 0.522. The molecule has 0 spiro atoms. The van der Waals surface area contributed by atoms with Crippen molar-refractivity contribution >= 4 is 27.1 Å². The van der Waals surface area contributed by atoms with Crippen LogP contribution in [0.1, 0.15) is 42.7 Å². The zero-order valence-corrected chi connectivity index (χ0v) is 19.3. The molecule has 162 valence electrons. The summed E-state index contributed by atoms with van der Waals surface area (Å²) in [5.74, 6) is 0.131. The van der Waals surface area contributed by atoms with Crippen molar-refractivity contribution in [2.75, 3.05) is 19.6 Å². The molecule has 1 amide bonds. The molecular weight excluding hydrogens is 416 g/mol. The first-order valence-corrected chi connectivity index (χ1v) is 13.2. The molecule has 2 aliphatic heterocycles. The number of nitrogens with zero attached hydrogens (tertiary/aromatic N) is 2. The Bertz CT molecular complexity index is 988. The molecule has 30 heavy (non-hydrogen) atoms. The van der Waals surface area contributed by atoms with Gasteiger partial charge >= 0.3 is 0 Å². The molecule has 1 fully saturated rings. The third kappa shape index (κ3) is 4.48. The van der Waals surface area contributed by atoms with E-state index in [1.54, 1.807) is 38.1 Å². The van der Waals surface area contributed by atoms with Crippen LogP contribution in [0.4, 0.5) is 0 Å². The van der Waals surface area contributed by atoms with Crippen LogP contribution < -0.4 is 0 Å². The van der Waals surface area contributed by atoms with Crippen molar-refractivity contribution < 1.29 is 13.2 Å². The zero-order valence-electron chi connectivity index (χ0n) is 17.7. The van der Waals surface area contributed by atoms with Crippen molar-refractivity contribution in [1.29, 1.82) is 0 Å². The van der Waals surface area contributed by atoms with Gasteiger partial charge in [-0.05, 0) is 67.8 Å². The van der Waals surface area contributed by atoms with E-state index in [0.29, 0.717) is 17.4 Å². The molecule has 0 aliphatic carbocycles. The predicted octanol–water partition coefficient (Wildman–Crippen LogP) is 3.52. The van der Waals surface area contributed by atoms with Gasteiger partial charge in [0.2, 0.25) is 5.91 Å². The number of benzene rings is 1. The molecule has 0 unspecified atom stereocenters. The summed E-state index contributed by atoms with van der Waals surface area (Å²) in [4.78, 5) is 19.2. The minimum Gasteiger partial charge on any atom is -0.342 e. The molecule has 2 aromatic rings. The van der Waals surface area contributed by atoms with Crippen LogP contribution in [0.15, 0.2) is 40.6 Å². The molecule has 7 heteroatoms. The van der Waals surface area contributed by atoms with E-state index in [2.05, 4.69) is 16.3 Å². The summed E-state index contributed by atoms with van der Waals surface area (Å²) in [5.41, 5.74) is 2.35. The number of hydrogen-bond donors (Lipinski definition) is 0. The third-order valence-corrected chi connectivity index (χ3v) is 9.59. The maximum absolute atomic E-state index is 12.8. The molecule has 2 aliphatic rings. The number of amides is 1. The molecule has 0 radical (unpaired) electrons. The molecule has 5 nitrogen and oxygen atoms in total. The van der Waals surface area contributed by atoms with Crippen LogP contribution in [0, 0.1) is 0 Å². The van der Waals surface area contributed by atoms with Crippen molar-refractivity contribution in [3.8, 4) is 0 Å². The van der Waals surface area contributed by atoms with Crippen LogP contribution in [-0.4, -0.2) is 55.1 Å². The standard InChI is InChI=1S/C23H30N2O3S2/c1-17(2)30(27,28)21-5-3-18(4-6-21)15-23(26)24-11-7-20(8-12-24)25-13-9-22-19(16-25)10-14-29-22/h3-6,10,14,17,20H,7-9,11-13,15-16H2,1-2H3. The smallest absolute Gasteiger partial charge is 0.226 e. The number of sulfone groups is 1. The average Bonchev–Trinajstić information content (AvgIpc) is 3.22. The van der Waals surface area contributed by atoms with E-state index in [-0.39, 0.29) is 5.91 Å². The molecular formula is C23H30N2O3S2. The second-order valence-corrected chi connectivity index (χ2v) is 12.1. The van der Waals surface area contributed by atoms with Gasteiger partial charge in [0.15, 0.2) is 9.84 Å². The molecule has 1 aromatic carbocycles. The summed E-state index contributed by atoms with van der Waals surface area (Å²) in [6.07, 6.45) is 3.52. The highest BCUT2D eigenvalue weighted by atomic mass is 32.2. The van der Waals surface area contributed by atoms with E-state index < -0.39 is 15.1 Å². The first kappa shape index (κ1) is 21.5. The van der Waals surface area contributed by atoms with Crippen molar-refractivity contribution in [3.05, 3.63) is 51.7 Å². The molecule has 1 aromatic heterocycles. The number of fused-ring (bicyclic) bond motifs is 1. The number of likely N-dealkylation sites (tertiary alicyclic amines) is 1. The first-order chi connectivity index (χ1) is 14.3. The minimum atomic E-state index is -3.27. The Kier molecular flexibility index (Phi) is 6.32. The first-order valence-electron chi connectivity index (χ1n) is 10.7. The van der Waals surface area contributed by atoms with Crippen LogP contribution in [0.25, 0.3) is 0 Å². The average molecular weight is 447 g/mol. The Morgan fingerprint density at radius 3 is 2.47 bits per heavy atom. The highest BCUT2D eigenvalue weighted by molar-refractivity contribution is 7.92. The van der Waals surface area contributed by atoms with E-state index in [1.165, 1.54) is 10.4 Å². The van der Waals surface area contributed by atoms with Crippen LogP contribution >= 0.6 is 11.3 Å². The van der Waals surface area contributed by atoms with Gasteiger partial charge < -0.3 is 4.90 Å². The van der Waals surface area contributed by atoms with E-state index >= 15 is 0 Å². The molecule has 0 atom stereocenters. The van der Waals surface area contributed by atoms with Gasteiger partial charge in [0.05, 0.1) is 16.6 Å². The van der Waals surface area contributed by atoms with E-state index in [0.717, 1.165) is 51.0 Å². The quantitative estimate of drug-likeness (QED) is 0.705. The normalized spacial score (nSPS) is 18.6. The highest BCUT2D eigenvalue weighted by Gasteiger charge is 2.29. The van der Waals surface area contributed by atoms with Gasteiger partial charge in [-0.1, -0.05) is 12.1 Å². The van der Waals surface area contributed by atoms with E-state index in [1.807, 2.05) is 16.2 Å². The number of piperidine rings is 1. The number of carbonyl (C=O) groups is 1. The summed E-state index contributed by atoms with van der Waals surface area (Å²) in [6, 6.07) is 9.60. The van der Waals surface area contributed by atoms with E-state index in [4.69, 9.17) is 0 Å². The van der Waals surface area contributed by atoms with Gasteiger partial charge in [-0.15, -0.1) is 11.3 Å². The topological polar surface area (TPSA) is 57.7 Å². The lowest BCUT2D eigenvalue weighted by Crippen LogP contribution is -2.48. The predicted molar refractivity (Wildman–Crippen MR) is 121 cm³/mol. The minimum absolute atomic E-state index is 0.131. The number of hydrogen-bond acceptors (Lipinski definition) is 5. The van der Waals surface area contributed by atoms with Crippen molar-refractivity contribution in [3.63, 3.8) is 0 Å². The fourth-order valence-electron chi connectivity index (χ4n) is 4.42. The lowest BCUT2D eigenvalue weighted by molar-refractivity contribution is -0.132. The summed E-state index contributed by atoms with van der Waals surface area (Å²) >= 11 is 1.87. The Morgan fingerprint density at radius 1 is 1.10 bits per heavy atom. The second-order valence-electron chi connectivity index (χ2n) is 8.62. The lowest BCUT2D eigenvalue weighted by atomic mass is 9.99. The van der Waals surface area contributed by atoms with Crippen LogP contribution in [0.5, 0.6) is 0 Å². The molecule has 1 saturated heterocycles. The van der Waals surface area contributed by atoms with Crippen molar-refractivity contribution in [1.82, 2.24) is 9.80 Å². The van der Waals surface area contributed by atoms with Crippen LogP contribution in [-0.2, 0) is 34.0 Å². The van der Waals surface area contributed by atoms with Gasteiger partial charge in [0, 0.05) is 37.1 Å². The number of thiophene rings is 1. The maximum Gasteiger partial charge on any atom is 0.226 e. The van der Waals surface area contributed by atoms with Gasteiger partial charge in [-0.3, -0.25) is 9.69 Å². The lowest BCUT2D eigenvalue weighted by Gasteiger charge is -2.40. The second kappa shape index (κ2) is 8.81. The molecule has 4 rings (SSSR count). The Balaban J connectivity index is 1.30. The molecule has 3 heterocycles. The van der Waals surface area contributed by atoms with Gasteiger partial charge in [-0.2, -0.15) is 0 Å². The fourth-order valence-corrected chi connectivity index (χ4v) is 6.37. The third-order valence-electron chi connectivity index (χ3n) is 6.40. The van der Waals surface area contributed by atoms with Gasteiger partial charge in [0.25, 0.3) is 0 Å². The summed E-state index contributed by atoms with van der Waals surface area (Å²) in [5, 5.41) is 1.75. The maximum atomic E-state index is 12.8. The number of rotatable bonds is 5. The molecule has 0 N–H and O–H groups in total. The van der Waals surface area contributed by atoms with Crippen molar-refractivity contribution in [2.24, 2.45) is 0 Å². The van der Waals surface area contributed by atoms with Gasteiger partial charge in [0.1, 0.15) is 0 Å². The Hall–Kier alpha value is -1.70. The largest absolute Gasteiger partial charge is 0.342 e. The van der Waals surface area contributed by atoms with Crippen LogP contribution in [0.2, 0.25) is 0 Å². The van der Waals surface area contributed by atoms with Crippen molar-refractivity contribution in [2.45, 2.75) is 62.3 Å². The molecule has 0 saturated carbocycles. The monoisotopic (exact) mass is 446 g/mol. The summed E-state index contributed by atoms with van der Waals surface area (Å²) < 4.78 is 24.5. The van der Waals surface area contributed by atoms with Crippen LogP contribution in [0.3, 0.4) is 0 Å². The SMILES string of the molecule is CC(C)S(=O)(=O)c1ccc(CC(=O)N2CCC(N3CCc4sccc4C3)CC2)cc1. The number of carbonyl (C=O) groups excluding carboxylic acids is 1. The van der Waals surface area contributed by atoms with E-state index in [9.17, 15) is 13.2 Å².